The van der Waals surface area contributed by atoms with Crippen LogP contribution < -0.4 is 18.9 Å². The maximum atomic E-state index is 2.29. The van der Waals surface area contributed by atoms with Gasteiger partial charge in [0.2, 0.25) is 0 Å². The summed E-state index contributed by atoms with van der Waals surface area (Å²) in [7, 11) is 0. The second-order valence-electron chi connectivity index (χ2n) is 6.41. The van der Waals surface area contributed by atoms with E-state index in [0.29, 0.717) is 11.8 Å². The monoisotopic (exact) mass is 304 g/mol. The zero-order valence-corrected chi connectivity index (χ0v) is 14.2. The Morgan fingerprint density at radius 1 is 0.542 bits per heavy atom. The maximum Gasteiger partial charge on any atom is 1.00 e. The molecule has 1 saturated carbocycles. The maximum absolute atomic E-state index is 2.29. The Bertz CT molecular complexity index is 689. The van der Waals surface area contributed by atoms with Crippen molar-refractivity contribution in [3.63, 3.8) is 0 Å². The Morgan fingerprint density at radius 3 is 1.33 bits per heavy atom. The van der Waals surface area contributed by atoms with E-state index in [9.17, 15) is 0 Å². The first-order valence-electron chi connectivity index (χ1n) is 8.42. The zero-order valence-electron chi connectivity index (χ0n) is 14.2. The van der Waals surface area contributed by atoms with E-state index in [1.54, 1.807) is 5.92 Å². The summed E-state index contributed by atoms with van der Waals surface area (Å²) >= 11 is 0. The van der Waals surface area contributed by atoms with E-state index in [-0.39, 0.29) is 18.9 Å². The molecule has 3 aromatic carbocycles. The molecule has 0 heterocycles. The molecule has 24 heavy (non-hydrogen) atoms. The Hall–Kier alpha value is -1.87. The molecule has 0 N–H and O–H groups in total. The average molecular weight is 304 g/mol. The van der Waals surface area contributed by atoms with Gasteiger partial charge in [0.05, 0.1) is 0 Å². The third-order valence-corrected chi connectivity index (χ3v) is 5.06. The Balaban J connectivity index is 0.00000169. The Kier molecular flexibility index (Phi) is 5.51. The van der Waals surface area contributed by atoms with Crippen molar-refractivity contribution in [2.45, 2.75) is 24.7 Å². The molecule has 1 aliphatic carbocycles. The van der Waals surface area contributed by atoms with Gasteiger partial charge in [0.1, 0.15) is 0 Å². The summed E-state index contributed by atoms with van der Waals surface area (Å²) in [5.74, 6) is 2.75. The van der Waals surface area contributed by atoms with Crippen LogP contribution >= 0.6 is 0 Å². The minimum absolute atomic E-state index is 0. The van der Waals surface area contributed by atoms with Gasteiger partial charge in [-0.15, -0.1) is 12.1 Å². The van der Waals surface area contributed by atoms with E-state index >= 15 is 0 Å². The second kappa shape index (κ2) is 7.80. The molecular formula is C23H21Li. The van der Waals surface area contributed by atoms with Gasteiger partial charge >= 0.3 is 18.9 Å². The smallest absolute Gasteiger partial charge is 0.189 e. The minimum atomic E-state index is 0. The molecule has 0 saturated heterocycles. The van der Waals surface area contributed by atoms with Crippen molar-refractivity contribution in [2.75, 3.05) is 0 Å². The van der Waals surface area contributed by atoms with Gasteiger partial charge in [-0.1, -0.05) is 79.6 Å². The molecule has 4 rings (SSSR count). The zero-order chi connectivity index (χ0) is 15.5. The van der Waals surface area contributed by atoms with Crippen molar-refractivity contribution in [2.24, 2.45) is 0 Å². The van der Waals surface area contributed by atoms with Crippen LogP contribution in [-0.4, -0.2) is 0 Å². The third-order valence-electron chi connectivity index (χ3n) is 5.06. The first-order chi connectivity index (χ1) is 11.4. The first-order valence-corrected chi connectivity index (χ1v) is 8.42. The predicted octanol–water partition coefficient (Wildman–Crippen LogP) is 2.97. The molecule has 0 amide bonds. The summed E-state index contributed by atoms with van der Waals surface area (Å²) in [6.07, 6.45) is 2.32. The summed E-state index contributed by atoms with van der Waals surface area (Å²) in [5.41, 5.74) is 4.34. The van der Waals surface area contributed by atoms with E-state index in [2.05, 4.69) is 91.0 Å². The SMILES string of the molecule is [Li+].c1ccc([C-]2CC(c3ccccc3)C(c3ccccc3)C2)cc1. The van der Waals surface area contributed by atoms with Gasteiger partial charge in [-0.2, -0.15) is 23.6 Å². The van der Waals surface area contributed by atoms with Gasteiger partial charge in [0.25, 0.3) is 0 Å². The van der Waals surface area contributed by atoms with Gasteiger partial charge in [0.15, 0.2) is 0 Å². The molecule has 1 heteroatoms. The largest absolute Gasteiger partial charge is 1.00 e. The number of rotatable bonds is 3. The van der Waals surface area contributed by atoms with Gasteiger partial charge in [0, 0.05) is 0 Å². The van der Waals surface area contributed by atoms with Crippen LogP contribution in [0.15, 0.2) is 91.0 Å². The molecule has 0 bridgehead atoms. The van der Waals surface area contributed by atoms with Crippen molar-refractivity contribution in [1.29, 1.82) is 0 Å². The quantitative estimate of drug-likeness (QED) is 0.515. The predicted molar refractivity (Wildman–Crippen MR) is 96.4 cm³/mol. The molecule has 0 aromatic heterocycles. The molecular weight excluding hydrogens is 283 g/mol. The van der Waals surface area contributed by atoms with Gasteiger partial charge in [-0.3, -0.25) is 0 Å². The first kappa shape index (κ1) is 17.0. The van der Waals surface area contributed by atoms with Crippen LogP contribution in [0.25, 0.3) is 0 Å². The fourth-order valence-electron chi connectivity index (χ4n) is 3.91. The summed E-state index contributed by atoms with van der Waals surface area (Å²) in [5, 5.41) is 0. The van der Waals surface area contributed by atoms with Crippen molar-refractivity contribution in [3.05, 3.63) is 114 Å². The molecule has 0 nitrogen and oxygen atoms in total. The summed E-state index contributed by atoms with van der Waals surface area (Å²) in [6.45, 7) is 0. The Morgan fingerprint density at radius 2 is 0.917 bits per heavy atom. The summed E-state index contributed by atoms with van der Waals surface area (Å²) < 4.78 is 0. The van der Waals surface area contributed by atoms with E-state index < -0.39 is 0 Å². The van der Waals surface area contributed by atoms with Crippen LogP contribution in [0.3, 0.4) is 0 Å². The summed E-state index contributed by atoms with van der Waals surface area (Å²) in [4.78, 5) is 0. The molecule has 1 aliphatic rings. The van der Waals surface area contributed by atoms with E-state index in [1.165, 1.54) is 16.7 Å². The second-order valence-corrected chi connectivity index (χ2v) is 6.41. The summed E-state index contributed by atoms with van der Waals surface area (Å²) in [6, 6.07) is 32.9. The fraction of sp³-hybridized carbons (Fsp3) is 0.174. The molecule has 0 aliphatic heterocycles. The topological polar surface area (TPSA) is 0 Å². The van der Waals surface area contributed by atoms with Crippen LogP contribution in [0.2, 0.25) is 0 Å². The van der Waals surface area contributed by atoms with Crippen molar-refractivity contribution in [3.8, 4) is 0 Å². The van der Waals surface area contributed by atoms with Crippen molar-refractivity contribution < 1.29 is 18.9 Å². The molecule has 114 valence electrons. The van der Waals surface area contributed by atoms with E-state index in [1.807, 2.05) is 0 Å². The molecule has 0 spiro atoms. The fourth-order valence-corrected chi connectivity index (χ4v) is 3.91. The number of benzene rings is 3. The van der Waals surface area contributed by atoms with Crippen molar-refractivity contribution in [1.82, 2.24) is 0 Å². The molecule has 2 unspecified atom stereocenters. The standard InChI is InChI=1S/C23H21.Li/c1-4-10-18(11-5-1)21-16-22(19-12-6-2-7-13-19)23(17-21)20-14-8-3-9-15-20;/h1-15,22-23H,16-17H2;/q-1;+1. The number of hydrogen-bond acceptors (Lipinski definition) is 0. The van der Waals surface area contributed by atoms with Crippen LogP contribution in [0, 0.1) is 5.92 Å². The van der Waals surface area contributed by atoms with Gasteiger partial charge in [-0.05, 0) is 23.0 Å². The van der Waals surface area contributed by atoms with Crippen LogP contribution in [0.1, 0.15) is 41.4 Å². The molecule has 0 radical (unpaired) electrons. The minimum Gasteiger partial charge on any atom is -0.189 e. The van der Waals surface area contributed by atoms with Crippen LogP contribution in [-0.2, 0) is 0 Å². The van der Waals surface area contributed by atoms with E-state index in [0.717, 1.165) is 12.8 Å². The van der Waals surface area contributed by atoms with Crippen LogP contribution in [0.4, 0.5) is 0 Å². The van der Waals surface area contributed by atoms with Gasteiger partial charge < -0.3 is 0 Å². The third kappa shape index (κ3) is 3.46. The molecule has 3 aromatic rings. The average Bonchev–Trinajstić information content (AvgIpc) is 3.09. The van der Waals surface area contributed by atoms with E-state index in [4.69, 9.17) is 0 Å². The Labute approximate surface area is 157 Å². The van der Waals surface area contributed by atoms with Crippen LogP contribution in [0.5, 0.6) is 0 Å². The molecule has 1 fully saturated rings. The van der Waals surface area contributed by atoms with Gasteiger partial charge in [-0.25, -0.2) is 0 Å². The molecule has 2 atom stereocenters. The number of hydrogen-bond donors (Lipinski definition) is 0. The normalized spacial score (nSPS) is 19.8. The van der Waals surface area contributed by atoms with Crippen molar-refractivity contribution >= 4 is 0 Å².